The van der Waals surface area contributed by atoms with Gasteiger partial charge in [-0.1, -0.05) is 11.6 Å². The van der Waals surface area contributed by atoms with Crippen LogP contribution in [0.1, 0.15) is 39.0 Å². The molecule has 0 aromatic carbocycles. The van der Waals surface area contributed by atoms with E-state index in [4.69, 9.17) is 5.11 Å². The van der Waals surface area contributed by atoms with E-state index in [1.807, 2.05) is 6.92 Å². The van der Waals surface area contributed by atoms with Gasteiger partial charge in [0.1, 0.15) is 0 Å². The lowest BCUT2D eigenvalue weighted by molar-refractivity contribution is -0.136. The lowest BCUT2D eigenvalue weighted by Crippen LogP contribution is -2.42. The van der Waals surface area contributed by atoms with Crippen molar-refractivity contribution >= 4 is 12.0 Å². The molecular formula is C12H20N2O3. The van der Waals surface area contributed by atoms with E-state index < -0.39 is 5.97 Å². The van der Waals surface area contributed by atoms with Gasteiger partial charge in [0.25, 0.3) is 0 Å². The van der Waals surface area contributed by atoms with E-state index in [1.165, 1.54) is 18.4 Å². The molecule has 0 spiro atoms. The Kier molecular flexibility index (Phi) is 5.52. The highest BCUT2D eigenvalue weighted by Gasteiger charge is 2.13. The molecule has 0 saturated heterocycles. The van der Waals surface area contributed by atoms with E-state index in [2.05, 4.69) is 16.7 Å². The molecular weight excluding hydrogens is 220 g/mol. The number of hydrogen-bond acceptors (Lipinski definition) is 2. The van der Waals surface area contributed by atoms with Crippen LogP contribution in [0.15, 0.2) is 11.6 Å². The predicted octanol–water partition coefficient (Wildman–Crippen LogP) is 1.65. The van der Waals surface area contributed by atoms with Gasteiger partial charge in [-0.05, 0) is 32.6 Å². The third-order valence-electron chi connectivity index (χ3n) is 2.85. The van der Waals surface area contributed by atoms with Crippen LogP contribution in [0.3, 0.4) is 0 Å². The Labute approximate surface area is 101 Å². The summed E-state index contributed by atoms with van der Waals surface area (Å²) in [6.45, 7) is 2.11. The molecule has 0 fully saturated rings. The van der Waals surface area contributed by atoms with Crippen LogP contribution < -0.4 is 10.6 Å². The highest BCUT2D eigenvalue weighted by Crippen LogP contribution is 2.19. The van der Waals surface area contributed by atoms with Gasteiger partial charge in [-0.3, -0.25) is 4.79 Å². The molecule has 1 aliphatic carbocycles. The van der Waals surface area contributed by atoms with Gasteiger partial charge in [-0.25, -0.2) is 4.79 Å². The van der Waals surface area contributed by atoms with Crippen molar-refractivity contribution in [3.8, 4) is 0 Å². The summed E-state index contributed by atoms with van der Waals surface area (Å²) >= 11 is 0. The number of nitrogens with one attached hydrogen (secondary N) is 2. The standard InChI is InChI=1S/C12H20N2O3/c1-9(10-5-3-2-4-6-10)14-12(17)13-8-7-11(15)16/h5,9H,2-4,6-8H2,1H3,(H,15,16)(H2,13,14,17). The molecule has 0 aromatic rings. The first kappa shape index (κ1) is 13.5. The molecule has 5 heteroatoms. The Morgan fingerprint density at radius 1 is 1.47 bits per heavy atom. The minimum Gasteiger partial charge on any atom is -0.481 e. The van der Waals surface area contributed by atoms with E-state index in [-0.39, 0.29) is 25.0 Å². The molecule has 1 atom stereocenters. The number of carbonyl (C=O) groups is 2. The number of carboxylic acids is 1. The van der Waals surface area contributed by atoms with Gasteiger partial charge >= 0.3 is 12.0 Å². The second-order valence-electron chi connectivity index (χ2n) is 4.29. The first-order valence-corrected chi connectivity index (χ1v) is 6.04. The van der Waals surface area contributed by atoms with Gasteiger partial charge in [-0.2, -0.15) is 0 Å². The average molecular weight is 240 g/mol. The maximum Gasteiger partial charge on any atom is 0.315 e. The Hall–Kier alpha value is -1.52. The molecule has 0 bridgehead atoms. The molecule has 3 N–H and O–H groups in total. The number of aliphatic carboxylic acids is 1. The van der Waals surface area contributed by atoms with Crippen LogP contribution in [0.5, 0.6) is 0 Å². The SMILES string of the molecule is CC(NC(=O)NCCC(=O)O)C1=CCCCC1. The normalized spacial score (nSPS) is 16.9. The van der Waals surface area contributed by atoms with Crippen LogP contribution in [0, 0.1) is 0 Å². The smallest absolute Gasteiger partial charge is 0.315 e. The zero-order valence-electron chi connectivity index (χ0n) is 10.2. The molecule has 5 nitrogen and oxygen atoms in total. The van der Waals surface area contributed by atoms with Crippen molar-refractivity contribution in [3.63, 3.8) is 0 Å². The lowest BCUT2D eigenvalue weighted by atomic mass is 9.95. The van der Waals surface area contributed by atoms with Gasteiger partial charge in [-0.15, -0.1) is 0 Å². The first-order valence-electron chi connectivity index (χ1n) is 6.04. The molecule has 1 unspecified atom stereocenters. The molecule has 0 aliphatic heterocycles. The average Bonchev–Trinajstić information content (AvgIpc) is 2.29. The van der Waals surface area contributed by atoms with Gasteiger partial charge in [0, 0.05) is 12.6 Å². The molecule has 0 aromatic heterocycles. The van der Waals surface area contributed by atoms with Crippen molar-refractivity contribution in [2.24, 2.45) is 0 Å². The Morgan fingerprint density at radius 3 is 2.82 bits per heavy atom. The van der Waals surface area contributed by atoms with Crippen LogP contribution in [0.4, 0.5) is 4.79 Å². The maximum absolute atomic E-state index is 11.4. The summed E-state index contributed by atoms with van der Waals surface area (Å²) in [6.07, 6.45) is 6.66. The van der Waals surface area contributed by atoms with Crippen molar-refractivity contribution in [1.82, 2.24) is 10.6 Å². The van der Waals surface area contributed by atoms with Crippen LogP contribution in [0.2, 0.25) is 0 Å². The first-order chi connectivity index (χ1) is 8.09. The predicted molar refractivity (Wildman–Crippen MR) is 64.8 cm³/mol. The minimum absolute atomic E-state index is 0.0279. The van der Waals surface area contributed by atoms with Gasteiger partial charge in [0.15, 0.2) is 0 Å². The number of amides is 2. The number of carbonyl (C=O) groups excluding carboxylic acids is 1. The fourth-order valence-corrected chi connectivity index (χ4v) is 1.88. The number of carboxylic acid groups (broad SMARTS) is 1. The minimum atomic E-state index is -0.909. The number of allylic oxidation sites excluding steroid dienone is 1. The summed E-state index contributed by atoms with van der Waals surface area (Å²) < 4.78 is 0. The zero-order chi connectivity index (χ0) is 12.7. The lowest BCUT2D eigenvalue weighted by Gasteiger charge is -2.20. The van der Waals surface area contributed by atoms with E-state index in [9.17, 15) is 9.59 Å². The van der Waals surface area contributed by atoms with Crippen LogP contribution in [0.25, 0.3) is 0 Å². The Morgan fingerprint density at radius 2 is 2.24 bits per heavy atom. The van der Waals surface area contributed by atoms with Crippen LogP contribution in [-0.4, -0.2) is 29.7 Å². The summed E-state index contributed by atoms with van der Waals surface area (Å²) in [7, 11) is 0. The molecule has 17 heavy (non-hydrogen) atoms. The maximum atomic E-state index is 11.4. The monoisotopic (exact) mass is 240 g/mol. The summed E-state index contributed by atoms with van der Waals surface area (Å²) in [4.78, 5) is 21.7. The summed E-state index contributed by atoms with van der Waals surface area (Å²) in [6, 6.07) is -0.273. The van der Waals surface area contributed by atoms with Crippen molar-refractivity contribution in [2.75, 3.05) is 6.54 Å². The largest absolute Gasteiger partial charge is 0.481 e. The summed E-state index contributed by atoms with van der Waals surface area (Å²) in [5.41, 5.74) is 1.27. The molecule has 1 aliphatic rings. The zero-order valence-corrected chi connectivity index (χ0v) is 10.2. The van der Waals surface area contributed by atoms with E-state index in [0.29, 0.717) is 0 Å². The highest BCUT2D eigenvalue weighted by atomic mass is 16.4. The third kappa shape index (κ3) is 5.38. The molecule has 1 rings (SSSR count). The van der Waals surface area contributed by atoms with Crippen molar-refractivity contribution < 1.29 is 14.7 Å². The van der Waals surface area contributed by atoms with E-state index in [0.717, 1.165) is 12.8 Å². The Bertz CT molecular complexity index is 313. The van der Waals surface area contributed by atoms with E-state index >= 15 is 0 Å². The summed E-state index contributed by atoms with van der Waals surface area (Å²) in [5.74, 6) is -0.909. The molecule has 2 amide bonds. The van der Waals surface area contributed by atoms with Gasteiger partial charge < -0.3 is 15.7 Å². The van der Waals surface area contributed by atoms with Crippen molar-refractivity contribution in [1.29, 1.82) is 0 Å². The molecule has 0 radical (unpaired) electrons. The third-order valence-corrected chi connectivity index (χ3v) is 2.85. The molecule has 0 heterocycles. The summed E-state index contributed by atoms with van der Waals surface area (Å²) in [5, 5.41) is 13.8. The number of rotatable bonds is 5. The van der Waals surface area contributed by atoms with Crippen LogP contribution in [-0.2, 0) is 4.79 Å². The second kappa shape index (κ2) is 6.93. The van der Waals surface area contributed by atoms with Crippen molar-refractivity contribution in [3.05, 3.63) is 11.6 Å². The van der Waals surface area contributed by atoms with Gasteiger partial charge in [0.05, 0.1) is 6.42 Å². The second-order valence-corrected chi connectivity index (χ2v) is 4.29. The van der Waals surface area contributed by atoms with E-state index in [1.54, 1.807) is 0 Å². The number of urea groups is 1. The topological polar surface area (TPSA) is 78.4 Å². The van der Waals surface area contributed by atoms with Crippen LogP contribution >= 0.6 is 0 Å². The van der Waals surface area contributed by atoms with Gasteiger partial charge in [0.2, 0.25) is 0 Å². The highest BCUT2D eigenvalue weighted by molar-refractivity contribution is 5.75. The van der Waals surface area contributed by atoms with Crippen molar-refractivity contribution in [2.45, 2.75) is 45.1 Å². The molecule has 96 valence electrons. The quantitative estimate of drug-likeness (QED) is 0.639. The fourth-order valence-electron chi connectivity index (χ4n) is 1.88. The Balaban J connectivity index is 2.25. The fraction of sp³-hybridized carbons (Fsp3) is 0.667. The molecule has 0 saturated carbocycles. The number of hydrogen-bond donors (Lipinski definition) is 3.